The molecule has 1 aromatic carbocycles. The van der Waals surface area contributed by atoms with Crippen LogP contribution in [0.25, 0.3) is 0 Å². The molecule has 98 heavy (non-hydrogen) atoms. The van der Waals surface area contributed by atoms with Gasteiger partial charge in [-0.25, -0.2) is 9.59 Å². The molecule has 0 spiro atoms. The van der Waals surface area contributed by atoms with Gasteiger partial charge in [0.25, 0.3) is 0 Å². The Kier molecular flexibility index (Phi) is 34.5. The zero-order valence-corrected chi connectivity index (χ0v) is 58.7. The summed E-state index contributed by atoms with van der Waals surface area (Å²) in [7, 11) is 0. The summed E-state index contributed by atoms with van der Waals surface area (Å²) in [6.07, 6.45) is -9.54. The molecule has 1 aromatic rings. The van der Waals surface area contributed by atoms with Crippen LogP contribution in [0.2, 0.25) is 0 Å². The van der Waals surface area contributed by atoms with E-state index in [0.717, 1.165) is 6.92 Å². The number of rotatable bonds is 24. The van der Waals surface area contributed by atoms with E-state index in [0.29, 0.717) is 0 Å². The molecule has 0 unspecified atom stereocenters. The molecule has 0 aliphatic carbocycles. The van der Waals surface area contributed by atoms with E-state index in [2.05, 4.69) is 52.8 Å². The lowest BCUT2D eigenvalue weighted by atomic mass is 9.89. The maximum Gasteiger partial charge on any atom is 0.408 e. The maximum atomic E-state index is 15.6. The number of aliphatic imine (C=N–C) groups is 1. The van der Waals surface area contributed by atoms with Crippen LogP contribution in [0, 0.1) is 29.6 Å². The van der Waals surface area contributed by atoms with Gasteiger partial charge >= 0.3 is 12.1 Å². The summed E-state index contributed by atoms with van der Waals surface area (Å²) >= 11 is 0. The molecule has 1 saturated heterocycles. The number of guanidine groups is 1. The summed E-state index contributed by atoms with van der Waals surface area (Å²) < 4.78 is 11.5. The molecule has 2 rings (SSSR count). The zero-order valence-electron chi connectivity index (χ0n) is 58.7. The lowest BCUT2D eigenvalue weighted by Gasteiger charge is -2.35. The Morgan fingerprint density at radius 3 is 1.74 bits per heavy atom. The van der Waals surface area contributed by atoms with Gasteiger partial charge in [0.15, 0.2) is 24.2 Å². The largest absolute Gasteiger partial charge is 0.453 e. The van der Waals surface area contributed by atoms with Gasteiger partial charge in [-0.1, -0.05) is 106 Å². The van der Waals surface area contributed by atoms with Crippen molar-refractivity contribution in [3.8, 4) is 0 Å². The minimum atomic E-state index is -2.60. The van der Waals surface area contributed by atoms with Gasteiger partial charge in [0.05, 0.1) is 25.4 Å². The molecule has 1 aliphatic heterocycles. The quantitative estimate of drug-likeness (QED) is 0.0207. The number of nitrogens with one attached hydrogen (secondary N) is 11. The van der Waals surface area contributed by atoms with Crippen molar-refractivity contribution in [3.05, 3.63) is 35.9 Å². The van der Waals surface area contributed by atoms with Crippen LogP contribution in [-0.4, -0.2) is 207 Å². The first kappa shape index (κ1) is 85.3. The molecule has 0 radical (unpaired) electrons. The highest BCUT2D eigenvalue weighted by molar-refractivity contribution is 6.00. The molecule has 0 saturated carbocycles. The van der Waals surface area contributed by atoms with Crippen molar-refractivity contribution in [2.75, 3.05) is 19.7 Å². The molecule has 552 valence electrons. The summed E-state index contributed by atoms with van der Waals surface area (Å²) in [6, 6.07) is -10.2. The van der Waals surface area contributed by atoms with Crippen molar-refractivity contribution < 1.29 is 92.2 Å². The van der Waals surface area contributed by atoms with Gasteiger partial charge in [0.1, 0.15) is 59.5 Å². The van der Waals surface area contributed by atoms with Crippen molar-refractivity contribution in [2.45, 2.75) is 232 Å². The van der Waals surface area contributed by atoms with Gasteiger partial charge in [-0.3, -0.25) is 57.7 Å². The summed E-state index contributed by atoms with van der Waals surface area (Å²) in [5.41, 5.74) is 13.6. The van der Waals surface area contributed by atoms with Gasteiger partial charge in [0.2, 0.25) is 65.0 Å². The topological polar surface area (TPSA) is 544 Å². The van der Waals surface area contributed by atoms with E-state index in [1.165, 1.54) is 51.1 Å². The summed E-state index contributed by atoms with van der Waals surface area (Å²) in [4.78, 5) is 190. The van der Waals surface area contributed by atoms with Gasteiger partial charge in [-0.15, -0.1) is 0 Å². The predicted molar refractivity (Wildman–Crippen MR) is 356 cm³/mol. The second kappa shape index (κ2) is 39.6. The number of cyclic esters (lactones) is 1. The normalized spacial score (nSPS) is 24.1. The van der Waals surface area contributed by atoms with Crippen molar-refractivity contribution >= 4 is 83.0 Å². The van der Waals surface area contributed by atoms with Crippen LogP contribution in [0.4, 0.5) is 4.79 Å². The number of hydrogen-bond donors (Lipinski definition) is 18. The molecule has 1 heterocycles. The molecular formula is C64H107N15O19. The molecule has 1 aliphatic rings. The Morgan fingerprint density at radius 2 is 1.22 bits per heavy atom. The third-order valence-corrected chi connectivity index (χ3v) is 15.5. The first-order valence-electron chi connectivity index (χ1n) is 32.7. The molecule has 34 nitrogen and oxygen atoms in total. The smallest absolute Gasteiger partial charge is 0.408 e. The first-order chi connectivity index (χ1) is 45.5. The maximum absolute atomic E-state index is 15.6. The zero-order chi connectivity index (χ0) is 74.9. The van der Waals surface area contributed by atoms with E-state index in [4.69, 9.17) is 26.7 Å². The third-order valence-electron chi connectivity index (χ3n) is 15.5. The van der Waals surface area contributed by atoms with Gasteiger partial charge in [0, 0.05) is 6.54 Å². The van der Waals surface area contributed by atoms with E-state index >= 15 is 14.4 Å². The number of alkyl carbamates (subject to hydrolysis) is 1. The van der Waals surface area contributed by atoms with Crippen molar-refractivity contribution in [1.82, 2.24) is 58.5 Å². The number of aliphatic hydroxyl groups excluding tert-OH is 4. The number of hydrogen-bond acceptors (Lipinski definition) is 20. The van der Waals surface area contributed by atoms with E-state index in [-0.39, 0.29) is 62.5 Å². The molecule has 0 bridgehead atoms. The van der Waals surface area contributed by atoms with Gasteiger partial charge < -0.3 is 106 Å². The van der Waals surface area contributed by atoms with Crippen LogP contribution in [0.1, 0.15) is 154 Å². The highest BCUT2D eigenvalue weighted by atomic mass is 16.6. The fourth-order valence-corrected chi connectivity index (χ4v) is 10.2. The van der Waals surface area contributed by atoms with Crippen LogP contribution >= 0.6 is 0 Å². The summed E-state index contributed by atoms with van der Waals surface area (Å²) in [6.45, 7) is 21.3. The lowest BCUT2D eigenvalue weighted by Crippen LogP contribution is -2.65. The van der Waals surface area contributed by atoms with Crippen molar-refractivity contribution in [2.24, 2.45) is 51.8 Å². The second-order valence-corrected chi connectivity index (χ2v) is 27.3. The van der Waals surface area contributed by atoms with Crippen LogP contribution in [0.15, 0.2) is 35.3 Å². The van der Waals surface area contributed by atoms with Crippen molar-refractivity contribution in [1.29, 1.82) is 0 Å². The van der Waals surface area contributed by atoms with E-state index < -0.39 is 204 Å². The van der Waals surface area contributed by atoms with Crippen LogP contribution < -0.4 is 75.7 Å². The highest BCUT2D eigenvalue weighted by Crippen LogP contribution is 2.26. The summed E-state index contributed by atoms with van der Waals surface area (Å²) in [5.74, 6) is -18.0. The number of nitrogens with zero attached hydrogens (tertiary/aromatic N) is 1. The molecule has 34 heteroatoms. The number of aliphatic hydroxyl groups is 4. The average Bonchev–Trinajstić information content (AvgIpc) is 0.806. The van der Waals surface area contributed by atoms with E-state index in [1.54, 1.807) is 76.2 Å². The molecule has 0 aromatic heterocycles. The predicted octanol–water partition coefficient (Wildman–Crippen LogP) is -3.48. The highest BCUT2D eigenvalue weighted by Gasteiger charge is 2.45. The first-order valence-corrected chi connectivity index (χ1v) is 32.7. The average molecular weight is 1390 g/mol. The minimum Gasteiger partial charge on any atom is -0.453 e. The number of primary amides is 1. The Morgan fingerprint density at radius 1 is 0.673 bits per heavy atom. The van der Waals surface area contributed by atoms with Crippen LogP contribution in [-0.2, 0) is 67.0 Å². The Labute approximate surface area is 571 Å². The Balaban J connectivity index is 3.20. The molecule has 15 atom stereocenters. The number of carbonyl (C=O) groups excluding carboxylic acids is 13. The number of nitrogens with two attached hydrogens (primary N) is 3. The number of ether oxygens (including phenoxy) is 2. The molecule has 1 fully saturated rings. The third kappa shape index (κ3) is 28.0. The van der Waals surface area contributed by atoms with E-state index in [9.17, 15) is 68.4 Å². The minimum absolute atomic E-state index is 0.00254. The van der Waals surface area contributed by atoms with Crippen LogP contribution in [0.5, 0.6) is 0 Å². The Hall–Kier alpha value is -8.76. The number of carbonyl (C=O) groups is 13. The van der Waals surface area contributed by atoms with Gasteiger partial charge in [-0.2, -0.15) is 0 Å². The number of amides is 12. The van der Waals surface area contributed by atoms with Crippen molar-refractivity contribution in [3.63, 3.8) is 0 Å². The number of esters is 1. The standard InChI is InChI=1S/C64H107N15O19/c1-16-34(10)42-55(90)76-43(35(11)81)54(89)69-28-41(82)74-45(48(84)50(65)85)57(92)72-40(29-80)59(94)97-49(36-21-18-17-19-22-36)46(78-53(88)39(26-31(4)5)73-60(95)64(15,27-32(6)7)79-62(96)98-63(12,13)14)58(93)77-44(47(83)33(8)9)56(91)71-38(25-30(2)3)52(87)70-37(51(86)75-42)23-20-24-68-61(66)67/h17-19,21-22,30-35,37-40,42-49,80-81,83-84H,16,20,23-29H2,1-15H3,(H2,65,85)(H,69,89)(H,70,87)(H,71,91)(H,72,92)(H,73,95)(H,74,82)(H,75,86)(H,76,90)(H,77,93)(H,78,88)(H,79,96)(H4,66,67,68)/t34-,35-,37+,38-,39-,40-,42-,43-,44-,45-,46-,47+,48-,49+,64-/m0/s1. The van der Waals surface area contributed by atoms with Crippen LogP contribution in [0.3, 0.4) is 0 Å². The van der Waals surface area contributed by atoms with E-state index in [1.807, 2.05) is 10.6 Å². The number of benzene rings is 1. The lowest BCUT2D eigenvalue weighted by molar-refractivity contribution is -0.159. The van der Waals surface area contributed by atoms with Gasteiger partial charge in [-0.05, 0) is 102 Å². The molecule has 21 N–H and O–H groups in total. The monoisotopic (exact) mass is 1390 g/mol. The summed E-state index contributed by atoms with van der Waals surface area (Å²) in [5, 5.41) is 71.1. The SMILES string of the molecule is CC[C@H](C)[C@@H]1NC(=O)[C@@H](CCCN=C(N)N)NC(=O)[C@H](CC(C)C)NC(=O)[C@H]([C@H](O)C(C)C)NC(=O)[C@@H](NC(=O)[C@H](CC(C)C)NC(=O)[C@](C)(CC(C)C)NC(=O)OC(C)(C)C)[C@@H](c2ccccc2)OC(=O)[C@H](CO)NC(=O)[C@H]([C@H](O)C(N)=O)NC(=O)CNC(=O)[C@H]([C@H](C)O)NC1=O. The molecule has 12 amide bonds. The second-order valence-electron chi connectivity index (χ2n) is 27.3. The fraction of sp³-hybridized carbons (Fsp3) is 0.688. The Bertz CT molecular complexity index is 2940. The molecular weight excluding hydrogens is 1280 g/mol. The fourth-order valence-electron chi connectivity index (χ4n) is 10.2.